The van der Waals surface area contributed by atoms with Crippen LogP contribution in [0.25, 0.3) is 0 Å². The third-order valence-electron chi connectivity index (χ3n) is 5.41. The Morgan fingerprint density at radius 3 is 2.78 bits per heavy atom. The standard InChI is InChI=1S/C17H25N3O3/c1-11-9-20(13-4-6-22-7-5-13)10-15(11)18-17(21)14-8-16(23-19-14)12-2-3-12/h8,11-13,15H,2-7,9-10H2,1H3,(H,18,21)/t11-,15-/m0/s1. The van der Waals surface area contributed by atoms with Gasteiger partial charge in [-0.05, 0) is 31.6 Å². The van der Waals surface area contributed by atoms with Crippen LogP contribution in [0.2, 0.25) is 0 Å². The number of nitrogens with one attached hydrogen (secondary N) is 1. The smallest absolute Gasteiger partial charge is 0.273 e. The second-order valence-electron chi connectivity index (χ2n) is 7.24. The van der Waals surface area contributed by atoms with Gasteiger partial charge in [-0.15, -0.1) is 0 Å². The molecule has 23 heavy (non-hydrogen) atoms. The second kappa shape index (κ2) is 6.24. The fraction of sp³-hybridized carbons (Fsp3) is 0.765. The van der Waals surface area contributed by atoms with Crippen molar-refractivity contribution in [3.63, 3.8) is 0 Å². The summed E-state index contributed by atoms with van der Waals surface area (Å²) < 4.78 is 10.7. The molecule has 0 bridgehead atoms. The molecule has 3 aliphatic rings. The molecule has 2 atom stereocenters. The lowest BCUT2D eigenvalue weighted by atomic mass is 10.1. The lowest BCUT2D eigenvalue weighted by Crippen LogP contribution is -2.42. The van der Waals surface area contributed by atoms with E-state index in [4.69, 9.17) is 9.26 Å². The average molecular weight is 319 g/mol. The predicted molar refractivity (Wildman–Crippen MR) is 84.3 cm³/mol. The van der Waals surface area contributed by atoms with Crippen LogP contribution >= 0.6 is 0 Å². The largest absolute Gasteiger partial charge is 0.381 e. The molecule has 126 valence electrons. The van der Waals surface area contributed by atoms with E-state index in [0.717, 1.165) is 57.7 Å². The first-order valence-electron chi connectivity index (χ1n) is 8.80. The minimum atomic E-state index is -0.105. The van der Waals surface area contributed by atoms with Gasteiger partial charge in [0.2, 0.25) is 0 Å². The Morgan fingerprint density at radius 1 is 1.26 bits per heavy atom. The zero-order valence-electron chi connectivity index (χ0n) is 13.7. The molecule has 1 N–H and O–H groups in total. The lowest BCUT2D eigenvalue weighted by Gasteiger charge is -2.31. The molecule has 6 nitrogen and oxygen atoms in total. The molecule has 4 rings (SSSR count). The molecule has 1 aliphatic carbocycles. The van der Waals surface area contributed by atoms with Gasteiger partial charge < -0.3 is 14.6 Å². The fourth-order valence-corrected chi connectivity index (χ4v) is 3.74. The highest BCUT2D eigenvalue weighted by molar-refractivity contribution is 5.92. The molecule has 1 amide bonds. The zero-order chi connectivity index (χ0) is 15.8. The van der Waals surface area contributed by atoms with Crippen LogP contribution in [0, 0.1) is 5.92 Å². The Kier molecular flexibility index (Phi) is 4.11. The molecule has 1 aromatic heterocycles. The fourth-order valence-electron chi connectivity index (χ4n) is 3.74. The van der Waals surface area contributed by atoms with Crippen LogP contribution in [-0.4, -0.2) is 54.4 Å². The van der Waals surface area contributed by atoms with Crippen molar-refractivity contribution in [3.8, 4) is 0 Å². The molecule has 1 aromatic rings. The molecule has 3 heterocycles. The molecular weight excluding hydrogens is 294 g/mol. The normalized spacial score (nSPS) is 29.8. The van der Waals surface area contributed by atoms with Gasteiger partial charge in [-0.2, -0.15) is 0 Å². The topological polar surface area (TPSA) is 67.6 Å². The van der Waals surface area contributed by atoms with Crippen LogP contribution in [0.5, 0.6) is 0 Å². The van der Waals surface area contributed by atoms with Crippen molar-refractivity contribution in [2.75, 3.05) is 26.3 Å². The number of likely N-dealkylation sites (tertiary alicyclic amines) is 1. The Bertz CT molecular complexity index is 563. The van der Waals surface area contributed by atoms with Gasteiger partial charge in [0.25, 0.3) is 5.91 Å². The predicted octanol–water partition coefficient (Wildman–Crippen LogP) is 1.78. The summed E-state index contributed by atoms with van der Waals surface area (Å²) in [4.78, 5) is 14.9. The van der Waals surface area contributed by atoms with E-state index in [1.807, 2.05) is 6.07 Å². The Morgan fingerprint density at radius 2 is 2.04 bits per heavy atom. The van der Waals surface area contributed by atoms with E-state index in [-0.39, 0.29) is 11.9 Å². The van der Waals surface area contributed by atoms with Gasteiger partial charge in [0.15, 0.2) is 5.69 Å². The highest BCUT2D eigenvalue weighted by atomic mass is 16.5. The SMILES string of the molecule is C[C@H]1CN(C2CCOCC2)C[C@@H]1NC(=O)c1cc(C2CC2)on1. The Balaban J connectivity index is 1.34. The summed E-state index contributed by atoms with van der Waals surface area (Å²) >= 11 is 0. The number of carbonyl (C=O) groups excluding carboxylic acids is 1. The summed E-state index contributed by atoms with van der Waals surface area (Å²) in [5.74, 6) is 1.69. The van der Waals surface area contributed by atoms with E-state index in [1.54, 1.807) is 0 Å². The molecule has 6 heteroatoms. The van der Waals surface area contributed by atoms with Gasteiger partial charge in [-0.25, -0.2) is 0 Å². The van der Waals surface area contributed by atoms with Gasteiger partial charge in [0, 0.05) is 50.4 Å². The molecule has 0 aromatic carbocycles. The minimum Gasteiger partial charge on any atom is -0.381 e. The molecular formula is C17H25N3O3. The van der Waals surface area contributed by atoms with Crippen molar-refractivity contribution in [3.05, 3.63) is 17.5 Å². The monoisotopic (exact) mass is 319 g/mol. The second-order valence-corrected chi connectivity index (χ2v) is 7.24. The van der Waals surface area contributed by atoms with E-state index < -0.39 is 0 Å². The Labute approximate surface area is 136 Å². The molecule has 0 radical (unpaired) electrons. The van der Waals surface area contributed by atoms with E-state index in [1.165, 1.54) is 0 Å². The first-order chi connectivity index (χ1) is 11.2. The Hall–Kier alpha value is -1.40. The van der Waals surface area contributed by atoms with Crippen LogP contribution < -0.4 is 5.32 Å². The summed E-state index contributed by atoms with van der Waals surface area (Å²) in [6.45, 7) is 5.89. The molecule has 0 unspecified atom stereocenters. The molecule has 3 fully saturated rings. The maximum atomic E-state index is 12.4. The van der Waals surface area contributed by atoms with Gasteiger partial charge in [0.1, 0.15) is 5.76 Å². The summed E-state index contributed by atoms with van der Waals surface area (Å²) in [5, 5.41) is 7.09. The third-order valence-corrected chi connectivity index (χ3v) is 5.41. The van der Waals surface area contributed by atoms with Gasteiger partial charge in [-0.1, -0.05) is 12.1 Å². The quantitative estimate of drug-likeness (QED) is 0.916. The van der Waals surface area contributed by atoms with Crippen LogP contribution in [0.3, 0.4) is 0 Å². The number of hydrogen-bond acceptors (Lipinski definition) is 5. The van der Waals surface area contributed by atoms with Crippen molar-refractivity contribution in [2.45, 2.75) is 50.6 Å². The number of carbonyl (C=O) groups is 1. The molecule has 1 saturated carbocycles. The van der Waals surface area contributed by atoms with Crippen molar-refractivity contribution in [2.24, 2.45) is 5.92 Å². The van der Waals surface area contributed by atoms with E-state index in [9.17, 15) is 4.79 Å². The van der Waals surface area contributed by atoms with Gasteiger partial charge in [0.05, 0.1) is 0 Å². The van der Waals surface area contributed by atoms with Crippen molar-refractivity contribution < 1.29 is 14.1 Å². The van der Waals surface area contributed by atoms with Crippen molar-refractivity contribution in [1.82, 2.24) is 15.4 Å². The summed E-state index contributed by atoms with van der Waals surface area (Å²) in [6, 6.07) is 2.59. The lowest BCUT2D eigenvalue weighted by molar-refractivity contribution is 0.0408. The van der Waals surface area contributed by atoms with Crippen molar-refractivity contribution in [1.29, 1.82) is 0 Å². The number of hydrogen-bond donors (Lipinski definition) is 1. The average Bonchev–Trinajstić information content (AvgIpc) is 3.18. The molecule has 0 spiro atoms. The molecule has 2 saturated heterocycles. The third kappa shape index (κ3) is 3.28. The number of amides is 1. The summed E-state index contributed by atoms with van der Waals surface area (Å²) in [6.07, 6.45) is 4.49. The first kappa shape index (κ1) is 15.1. The van der Waals surface area contributed by atoms with Crippen LogP contribution in [0.4, 0.5) is 0 Å². The van der Waals surface area contributed by atoms with E-state index >= 15 is 0 Å². The number of ether oxygens (including phenoxy) is 1. The highest BCUT2D eigenvalue weighted by Crippen LogP contribution is 2.40. The molecule has 2 aliphatic heterocycles. The van der Waals surface area contributed by atoms with E-state index in [2.05, 4.69) is 22.3 Å². The first-order valence-corrected chi connectivity index (χ1v) is 8.80. The van der Waals surface area contributed by atoms with Gasteiger partial charge >= 0.3 is 0 Å². The summed E-state index contributed by atoms with van der Waals surface area (Å²) in [7, 11) is 0. The van der Waals surface area contributed by atoms with Crippen LogP contribution in [0.1, 0.15) is 54.8 Å². The number of nitrogens with zero attached hydrogens (tertiary/aromatic N) is 2. The number of aromatic nitrogens is 1. The van der Waals surface area contributed by atoms with Crippen LogP contribution in [0.15, 0.2) is 10.6 Å². The van der Waals surface area contributed by atoms with E-state index in [0.29, 0.717) is 23.6 Å². The highest BCUT2D eigenvalue weighted by Gasteiger charge is 2.36. The van der Waals surface area contributed by atoms with Crippen LogP contribution in [-0.2, 0) is 4.74 Å². The maximum Gasteiger partial charge on any atom is 0.273 e. The van der Waals surface area contributed by atoms with Crippen molar-refractivity contribution >= 4 is 5.91 Å². The number of rotatable bonds is 4. The maximum absolute atomic E-state index is 12.4. The zero-order valence-corrected chi connectivity index (χ0v) is 13.7. The summed E-state index contributed by atoms with van der Waals surface area (Å²) in [5.41, 5.74) is 0.420. The minimum absolute atomic E-state index is 0.105. The van der Waals surface area contributed by atoms with Gasteiger partial charge in [-0.3, -0.25) is 9.69 Å².